The van der Waals surface area contributed by atoms with Crippen LogP contribution in [0.25, 0.3) is 0 Å². The Morgan fingerprint density at radius 2 is 1.65 bits per heavy atom. The van der Waals surface area contributed by atoms with E-state index < -0.39 is 0 Å². The van der Waals surface area contributed by atoms with Crippen LogP contribution < -0.4 is 10.6 Å². The highest BCUT2D eigenvalue weighted by Crippen LogP contribution is 2.17. The zero-order chi connectivity index (χ0) is 14.4. The molecule has 0 spiro atoms. The lowest BCUT2D eigenvalue weighted by Crippen LogP contribution is -2.16. The highest BCUT2D eigenvalue weighted by Gasteiger charge is 2.03. The lowest BCUT2D eigenvalue weighted by Gasteiger charge is -2.20. The van der Waals surface area contributed by atoms with Crippen molar-refractivity contribution in [2.75, 3.05) is 11.9 Å². The Morgan fingerprint density at radius 3 is 2.30 bits per heavy atom. The monoisotopic (exact) mass is 268 g/mol. The second-order valence-electron chi connectivity index (χ2n) is 5.30. The maximum Gasteiger partial charge on any atom is 0.0426 e. The molecule has 20 heavy (non-hydrogen) atoms. The first-order valence-electron chi connectivity index (χ1n) is 7.31. The highest BCUT2D eigenvalue weighted by atomic mass is 15.1. The predicted molar refractivity (Wildman–Crippen MR) is 86.9 cm³/mol. The highest BCUT2D eigenvalue weighted by molar-refractivity contribution is 5.48. The third-order valence-electron chi connectivity index (χ3n) is 3.57. The third-order valence-corrected chi connectivity index (χ3v) is 3.57. The van der Waals surface area contributed by atoms with E-state index >= 15 is 0 Å². The van der Waals surface area contributed by atoms with Gasteiger partial charge in [0, 0.05) is 25.8 Å². The van der Waals surface area contributed by atoms with Crippen LogP contribution in [0, 0.1) is 0 Å². The maximum absolute atomic E-state index is 5.70. The molecule has 0 aliphatic heterocycles. The maximum atomic E-state index is 5.70. The first-order chi connectivity index (χ1) is 9.72. The van der Waals surface area contributed by atoms with Gasteiger partial charge < -0.3 is 10.6 Å². The molecule has 0 heterocycles. The van der Waals surface area contributed by atoms with Crippen molar-refractivity contribution in [3.05, 3.63) is 65.2 Å². The summed E-state index contributed by atoms with van der Waals surface area (Å²) in [5, 5.41) is 0. The first kappa shape index (κ1) is 14.6. The van der Waals surface area contributed by atoms with Crippen LogP contribution in [-0.4, -0.2) is 7.05 Å². The Bertz CT molecular complexity index is 531. The molecule has 0 saturated heterocycles. The van der Waals surface area contributed by atoms with E-state index in [1.807, 2.05) is 0 Å². The number of benzene rings is 2. The van der Waals surface area contributed by atoms with Gasteiger partial charge in [-0.25, -0.2) is 0 Å². The molecular weight excluding hydrogens is 244 g/mol. The summed E-state index contributed by atoms with van der Waals surface area (Å²) in [4.78, 5) is 2.26. The number of rotatable bonds is 6. The minimum absolute atomic E-state index is 0.591. The minimum atomic E-state index is 0.591. The van der Waals surface area contributed by atoms with Gasteiger partial charge in [0.25, 0.3) is 0 Å². The number of hydrogen-bond donors (Lipinski definition) is 1. The van der Waals surface area contributed by atoms with Crippen molar-refractivity contribution in [1.82, 2.24) is 0 Å². The molecular formula is C18H24N2. The molecule has 2 rings (SSSR count). The topological polar surface area (TPSA) is 29.3 Å². The predicted octanol–water partition coefficient (Wildman–Crippen LogP) is 3.73. The van der Waals surface area contributed by atoms with Crippen molar-refractivity contribution >= 4 is 5.69 Å². The molecule has 2 aromatic carbocycles. The molecule has 0 aliphatic rings. The Morgan fingerprint density at radius 1 is 0.950 bits per heavy atom. The molecule has 2 heteroatoms. The van der Waals surface area contributed by atoms with Crippen LogP contribution >= 0.6 is 0 Å². The Kier molecular flexibility index (Phi) is 5.19. The lowest BCUT2D eigenvalue weighted by molar-refractivity contribution is 0.903. The van der Waals surface area contributed by atoms with Crippen LogP contribution in [-0.2, 0) is 19.5 Å². The van der Waals surface area contributed by atoms with Gasteiger partial charge >= 0.3 is 0 Å². The number of nitrogens with two attached hydrogens (primary N) is 1. The second-order valence-corrected chi connectivity index (χ2v) is 5.30. The average molecular weight is 268 g/mol. The van der Waals surface area contributed by atoms with E-state index in [4.69, 9.17) is 5.73 Å². The van der Waals surface area contributed by atoms with Crippen LogP contribution in [0.3, 0.4) is 0 Å². The van der Waals surface area contributed by atoms with Crippen LogP contribution in [0.15, 0.2) is 48.5 Å². The van der Waals surface area contributed by atoms with E-state index in [1.54, 1.807) is 0 Å². The minimum Gasteiger partial charge on any atom is -0.370 e. The number of nitrogens with zero attached hydrogens (tertiary/aromatic N) is 1. The van der Waals surface area contributed by atoms with Crippen LogP contribution in [0.1, 0.15) is 30.0 Å². The van der Waals surface area contributed by atoms with E-state index in [0.29, 0.717) is 6.54 Å². The smallest absolute Gasteiger partial charge is 0.0426 e. The summed E-state index contributed by atoms with van der Waals surface area (Å²) in [5.74, 6) is 0. The van der Waals surface area contributed by atoms with Gasteiger partial charge in [0.05, 0.1) is 0 Å². The average Bonchev–Trinajstić information content (AvgIpc) is 2.49. The van der Waals surface area contributed by atoms with Crippen LogP contribution in [0.4, 0.5) is 5.69 Å². The second kappa shape index (κ2) is 7.11. The van der Waals surface area contributed by atoms with E-state index in [9.17, 15) is 0 Å². The number of aryl methyl sites for hydroxylation is 1. The summed E-state index contributed by atoms with van der Waals surface area (Å²) >= 11 is 0. The van der Waals surface area contributed by atoms with Gasteiger partial charge in [0.15, 0.2) is 0 Å². The molecule has 0 saturated carbocycles. The normalized spacial score (nSPS) is 10.6. The fraction of sp³-hybridized carbons (Fsp3) is 0.333. The summed E-state index contributed by atoms with van der Waals surface area (Å²) in [6.07, 6.45) is 2.36. The SMILES string of the molecule is CCCc1ccc(CN(C)c2cccc(CN)c2)cc1. The summed E-state index contributed by atoms with van der Waals surface area (Å²) < 4.78 is 0. The third kappa shape index (κ3) is 3.84. The molecule has 0 bridgehead atoms. The van der Waals surface area contributed by atoms with Gasteiger partial charge in [-0.1, -0.05) is 49.7 Å². The van der Waals surface area contributed by atoms with Crippen molar-refractivity contribution < 1.29 is 0 Å². The van der Waals surface area contributed by atoms with Gasteiger partial charge in [-0.15, -0.1) is 0 Å². The number of anilines is 1. The van der Waals surface area contributed by atoms with Gasteiger partial charge in [0.1, 0.15) is 0 Å². The molecule has 0 fully saturated rings. The zero-order valence-electron chi connectivity index (χ0n) is 12.5. The molecule has 0 aromatic heterocycles. The first-order valence-corrected chi connectivity index (χ1v) is 7.31. The molecule has 2 nitrogen and oxygen atoms in total. The molecule has 0 aliphatic carbocycles. The molecule has 0 atom stereocenters. The van der Waals surface area contributed by atoms with Crippen LogP contribution in [0.5, 0.6) is 0 Å². The Balaban J connectivity index is 2.04. The molecule has 0 unspecified atom stereocenters. The molecule has 106 valence electrons. The zero-order valence-corrected chi connectivity index (χ0v) is 12.5. The summed E-state index contributed by atoms with van der Waals surface area (Å²) in [6.45, 7) is 3.72. The van der Waals surface area contributed by atoms with Crippen molar-refractivity contribution in [1.29, 1.82) is 0 Å². The van der Waals surface area contributed by atoms with Gasteiger partial charge in [0.2, 0.25) is 0 Å². The summed E-state index contributed by atoms with van der Waals surface area (Å²) in [7, 11) is 2.12. The van der Waals surface area contributed by atoms with Crippen molar-refractivity contribution in [2.45, 2.75) is 32.9 Å². The van der Waals surface area contributed by atoms with E-state index in [2.05, 4.69) is 67.4 Å². The van der Waals surface area contributed by atoms with E-state index in [-0.39, 0.29) is 0 Å². The summed E-state index contributed by atoms with van der Waals surface area (Å²) in [6, 6.07) is 17.4. The van der Waals surface area contributed by atoms with Crippen molar-refractivity contribution in [2.24, 2.45) is 5.73 Å². The van der Waals surface area contributed by atoms with Crippen LogP contribution in [0.2, 0.25) is 0 Å². The van der Waals surface area contributed by atoms with E-state index in [1.165, 1.54) is 28.8 Å². The molecule has 2 N–H and O–H groups in total. The standard InChI is InChI=1S/C18H24N2/c1-3-5-15-8-10-16(11-9-15)14-20(2)18-7-4-6-17(12-18)13-19/h4,6-12H,3,5,13-14,19H2,1-2H3. The van der Waals surface area contributed by atoms with Gasteiger partial charge in [-0.3, -0.25) is 0 Å². The van der Waals surface area contributed by atoms with Crippen molar-refractivity contribution in [3.63, 3.8) is 0 Å². The van der Waals surface area contributed by atoms with Gasteiger partial charge in [-0.2, -0.15) is 0 Å². The van der Waals surface area contributed by atoms with Crippen molar-refractivity contribution in [3.8, 4) is 0 Å². The molecule has 0 amide bonds. The Hall–Kier alpha value is -1.80. The quantitative estimate of drug-likeness (QED) is 0.865. The fourth-order valence-electron chi connectivity index (χ4n) is 2.39. The lowest BCUT2D eigenvalue weighted by atomic mass is 10.1. The Labute approximate surface area is 122 Å². The number of hydrogen-bond acceptors (Lipinski definition) is 2. The van der Waals surface area contributed by atoms with E-state index in [0.717, 1.165) is 13.0 Å². The molecule has 0 radical (unpaired) electrons. The van der Waals surface area contributed by atoms with Gasteiger partial charge in [-0.05, 0) is 35.2 Å². The largest absolute Gasteiger partial charge is 0.370 e. The summed E-state index contributed by atoms with van der Waals surface area (Å²) in [5.41, 5.74) is 10.8. The molecule has 2 aromatic rings. The fourth-order valence-corrected chi connectivity index (χ4v) is 2.39.